The van der Waals surface area contributed by atoms with Gasteiger partial charge in [-0.15, -0.1) is 0 Å². The largest absolute Gasteiger partial charge is 0.274 e. The highest BCUT2D eigenvalue weighted by atomic mass is 35.5. The van der Waals surface area contributed by atoms with E-state index in [0.717, 1.165) is 25.7 Å². The SMILES string of the molecule is O=C1[C@@H]2[C@H](C(=O)N1c1ccc(Cl)cc1)[C@@H]1CCCC1=C1CCC[C@H]12. The van der Waals surface area contributed by atoms with Gasteiger partial charge in [-0.05, 0) is 74.6 Å². The quantitative estimate of drug-likeness (QED) is 0.562. The van der Waals surface area contributed by atoms with Crippen LogP contribution in [0.25, 0.3) is 0 Å². The molecule has 1 aromatic rings. The molecule has 0 N–H and O–H groups in total. The Morgan fingerprint density at radius 2 is 1.33 bits per heavy atom. The van der Waals surface area contributed by atoms with E-state index in [2.05, 4.69) is 0 Å². The molecule has 0 bridgehead atoms. The van der Waals surface area contributed by atoms with Crippen molar-refractivity contribution in [3.8, 4) is 0 Å². The third-order valence-electron chi connectivity index (χ3n) is 6.58. The predicted octanol–water partition coefficient (Wildman–Crippen LogP) is 4.36. The van der Waals surface area contributed by atoms with Gasteiger partial charge in [0.2, 0.25) is 11.8 Å². The van der Waals surface area contributed by atoms with Crippen molar-refractivity contribution in [1.29, 1.82) is 0 Å². The molecule has 1 saturated heterocycles. The maximum absolute atomic E-state index is 13.2. The minimum Gasteiger partial charge on any atom is -0.274 e. The van der Waals surface area contributed by atoms with E-state index < -0.39 is 0 Å². The van der Waals surface area contributed by atoms with E-state index in [1.807, 2.05) is 0 Å². The molecule has 1 heterocycles. The van der Waals surface area contributed by atoms with Gasteiger partial charge in [-0.25, -0.2) is 0 Å². The fourth-order valence-corrected chi connectivity index (χ4v) is 5.86. The Bertz CT molecular complexity index is 724. The zero-order valence-corrected chi connectivity index (χ0v) is 14.3. The molecule has 4 aliphatic rings. The number of hydrogen-bond acceptors (Lipinski definition) is 2. The van der Waals surface area contributed by atoms with Crippen molar-refractivity contribution in [2.24, 2.45) is 23.7 Å². The van der Waals surface area contributed by atoms with Crippen molar-refractivity contribution in [2.45, 2.75) is 38.5 Å². The van der Waals surface area contributed by atoms with Gasteiger partial charge >= 0.3 is 0 Å². The Morgan fingerprint density at radius 3 is 1.83 bits per heavy atom. The second kappa shape index (κ2) is 5.19. The Morgan fingerprint density at radius 1 is 0.833 bits per heavy atom. The first-order valence-electron chi connectivity index (χ1n) is 9.02. The lowest BCUT2D eigenvalue weighted by molar-refractivity contribution is -0.122. The average molecular weight is 342 g/mol. The van der Waals surface area contributed by atoms with Gasteiger partial charge in [-0.1, -0.05) is 22.7 Å². The molecule has 2 amide bonds. The molecule has 0 radical (unpaired) electrons. The number of halogens is 1. The van der Waals surface area contributed by atoms with Crippen LogP contribution in [0.5, 0.6) is 0 Å². The molecule has 5 rings (SSSR count). The first kappa shape index (κ1) is 14.7. The molecule has 124 valence electrons. The van der Waals surface area contributed by atoms with E-state index in [9.17, 15) is 9.59 Å². The summed E-state index contributed by atoms with van der Waals surface area (Å²) in [5.74, 6) is 0.404. The highest BCUT2D eigenvalue weighted by molar-refractivity contribution is 6.30. The fourth-order valence-electron chi connectivity index (χ4n) is 5.74. The van der Waals surface area contributed by atoms with Crippen molar-refractivity contribution in [2.75, 3.05) is 4.90 Å². The van der Waals surface area contributed by atoms with Crippen molar-refractivity contribution < 1.29 is 9.59 Å². The Balaban J connectivity index is 1.60. The number of carbonyl (C=O) groups is 2. The monoisotopic (exact) mass is 341 g/mol. The van der Waals surface area contributed by atoms with Crippen LogP contribution in [0.2, 0.25) is 5.02 Å². The standard InChI is InChI=1S/C20H20ClNO2/c21-11-7-9-12(10-8-11)22-19(23)17-15-5-1-3-13(15)14-4-2-6-16(14)18(17)20(22)24/h7-10,15-18H,1-6H2/t15-,16-,17-,18+/m1/s1. The van der Waals surface area contributed by atoms with Crippen LogP contribution in [0.3, 0.4) is 0 Å². The van der Waals surface area contributed by atoms with Crippen molar-refractivity contribution >= 4 is 29.1 Å². The normalized spacial score (nSPS) is 34.6. The zero-order valence-electron chi connectivity index (χ0n) is 13.5. The van der Waals surface area contributed by atoms with Gasteiger partial charge in [0.25, 0.3) is 0 Å². The summed E-state index contributed by atoms with van der Waals surface area (Å²) >= 11 is 5.96. The van der Waals surface area contributed by atoms with Gasteiger partial charge in [0.1, 0.15) is 0 Å². The lowest BCUT2D eigenvalue weighted by Crippen LogP contribution is -2.35. The minimum absolute atomic E-state index is 0.0164. The van der Waals surface area contributed by atoms with Crippen molar-refractivity contribution in [3.63, 3.8) is 0 Å². The Kier molecular flexibility index (Phi) is 3.18. The molecule has 0 spiro atoms. The van der Waals surface area contributed by atoms with Gasteiger partial charge in [0.05, 0.1) is 17.5 Å². The summed E-state index contributed by atoms with van der Waals surface area (Å²) in [5, 5.41) is 0.619. The molecule has 0 unspecified atom stereocenters. The fraction of sp³-hybridized carbons (Fsp3) is 0.500. The summed E-state index contributed by atoms with van der Waals surface area (Å²) in [6.45, 7) is 0. The smallest absolute Gasteiger partial charge is 0.238 e. The van der Waals surface area contributed by atoms with Crippen molar-refractivity contribution in [1.82, 2.24) is 0 Å². The Hall–Kier alpha value is -1.61. The van der Waals surface area contributed by atoms with Gasteiger partial charge in [0.15, 0.2) is 0 Å². The van der Waals surface area contributed by atoms with Gasteiger partial charge < -0.3 is 0 Å². The molecule has 4 heteroatoms. The Labute approximate surface area is 146 Å². The lowest BCUT2D eigenvalue weighted by Gasteiger charge is -2.34. The maximum atomic E-state index is 13.2. The highest BCUT2D eigenvalue weighted by Gasteiger charge is 2.59. The third-order valence-corrected chi connectivity index (χ3v) is 6.83. The average Bonchev–Trinajstić information content (AvgIpc) is 3.27. The van der Waals surface area contributed by atoms with Crippen molar-refractivity contribution in [3.05, 3.63) is 40.4 Å². The van der Waals surface area contributed by atoms with E-state index in [0.29, 0.717) is 22.5 Å². The molecule has 0 aromatic heterocycles. The number of nitrogens with zero attached hydrogens (tertiary/aromatic N) is 1. The number of anilines is 1. The number of hydrogen-bond donors (Lipinski definition) is 0. The maximum Gasteiger partial charge on any atom is 0.238 e. The van der Waals surface area contributed by atoms with Crippen LogP contribution in [0.4, 0.5) is 5.69 Å². The topological polar surface area (TPSA) is 37.4 Å². The van der Waals surface area contributed by atoms with Crippen LogP contribution in [-0.2, 0) is 9.59 Å². The molecule has 1 aliphatic heterocycles. The predicted molar refractivity (Wildman–Crippen MR) is 92.6 cm³/mol. The van der Waals surface area contributed by atoms with Gasteiger partial charge in [-0.2, -0.15) is 0 Å². The van der Waals surface area contributed by atoms with Crippen LogP contribution in [0, 0.1) is 23.7 Å². The molecule has 2 saturated carbocycles. The second-order valence-electron chi connectivity index (χ2n) is 7.59. The van der Waals surface area contributed by atoms with Gasteiger partial charge in [-0.3, -0.25) is 14.5 Å². The summed E-state index contributed by atoms with van der Waals surface area (Å²) in [4.78, 5) is 27.9. The minimum atomic E-state index is -0.127. The van der Waals surface area contributed by atoms with Crippen LogP contribution in [-0.4, -0.2) is 11.8 Å². The first-order chi connectivity index (χ1) is 11.7. The number of carbonyl (C=O) groups excluding carboxylic acids is 2. The van der Waals surface area contributed by atoms with Crippen LogP contribution in [0.1, 0.15) is 38.5 Å². The van der Waals surface area contributed by atoms with E-state index in [1.54, 1.807) is 24.3 Å². The summed E-state index contributed by atoms with van der Waals surface area (Å²) in [6, 6.07) is 7.07. The first-order valence-corrected chi connectivity index (χ1v) is 9.40. The molecule has 3 aliphatic carbocycles. The summed E-state index contributed by atoms with van der Waals surface area (Å²) in [6.07, 6.45) is 6.76. The highest BCUT2D eigenvalue weighted by Crippen LogP contribution is 2.57. The van der Waals surface area contributed by atoms with Crippen LogP contribution >= 0.6 is 11.6 Å². The van der Waals surface area contributed by atoms with Gasteiger partial charge in [0, 0.05) is 5.02 Å². The summed E-state index contributed by atoms with van der Waals surface area (Å²) < 4.78 is 0. The van der Waals surface area contributed by atoms with E-state index in [1.165, 1.54) is 28.9 Å². The lowest BCUT2D eigenvalue weighted by atomic mass is 9.66. The number of fused-ring (bicyclic) bond motifs is 5. The number of imide groups is 1. The number of rotatable bonds is 1. The second-order valence-corrected chi connectivity index (χ2v) is 8.02. The molecule has 24 heavy (non-hydrogen) atoms. The summed E-state index contributed by atoms with van der Waals surface area (Å²) in [5.41, 5.74) is 3.75. The summed E-state index contributed by atoms with van der Waals surface area (Å²) in [7, 11) is 0. The third kappa shape index (κ3) is 1.85. The van der Waals surface area contributed by atoms with E-state index in [-0.39, 0.29) is 23.7 Å². The molecule has 3 nitrogen and oxygen atoms in total. The molecular weight excluding hydrogens is 322 g/mol. The zero-order chi connectivity index (χ0) is 16.4. The number of benzene rings is 1. The van der Waals surface area contributed by atoms with Crippen LogP contribution in [0.15, 0.2) is 35.4 Å². The van der Waals surface area contributed by atoms with E-state index in [4.69, 9.17) is 11.6 Å². The number of allylic oxidation sites excluding steroid dienone is 2. The number of amides is 2. The molecular formula is C20H20ClNO2. The molecule has 3 fully saturated rings. The van der Waals surface area contributed by atoms with Crippen LogP contribution < -0.4 is 4.90 Å². The molecule has 4 atom stereocenters. The molecule has 1 aromatic carbocycles. The van der Waals surface area contributed by atoms with E-state index >= 15 is 0 Å².